The van der Waals surface area contributed by atoms with Gasteiger partial charge < -0.3 is 22.8 Å². The lowest BCUT2D eigenvalue weighted by Crippen LogP contribution is -2.50. The number of aryl methyl sites for hydroxylation is 1. The number of fused-ring (bicyclic) bond motifs is 2. The first-order valence-electron chi connectivity index (χ1n) is 9.41. The first-order chi connectivity index (χ1) is 12.7. The van der Waals surface area contributed by atoms with Gasteiger partial charge in [-0.15, -0.1) is 0 Å². The number of H-pyrrole nitrogens is 1. The van der Waals surface area contributed by atoms with Gasteiger partial charge in [0.25, 0.3) is 0 Å². The molecule has 0 radical (unpaired) electrons. The van der Waals surface area contributed by atoms with Gasteiger partial charge in [-0.25, -0.2) is 0 Å². The number of aromatic nitrogens is 1. The Bertz CT molecular complexity index is 1050. The van der Waals surface area contributed by atoms with Crippen molar-refractivity contribution in [3.63, 3.8) is 0 Å². The maximum atomic E-state index is 14.9. The van der Waals surface area contributed by atoms with Crippen LogP contribution >= 0.6 is 0 Å². The lowest BCUT2D eigenvalue weighted by atomic mass is 9.78. The predicted octanol–water partition coefficient (Wildman–Crippen LogP) is 4.36. The standard InChI is InChI=1S/C20H23BF2N2O2/c1-7-13-9(3)17(24-11(13)5)15-19(26)16-18-10(4)14(8-2)12(6)25(18)21(22,23)27-20(15)16/h24H,7-8H2,1-6H3. The Morgan fingerprint density at radius 3 is 2.30 bits per heavy atom. The van der Waals surface area contributed by atoms with Crippen LogP contribution in [0.3, 0.4) is 0 Å². The van der Waals surface area contributed by atoms with E-state index < -0.39 is 7.04 Å². The van der Waals surface area contributed by atoms with Crippen LogP contribution in [0.2, 0.25) is 0 Å². The SMILES string of the molecule is CCC1=C(C)C2=C3C(=O)C(c4[nH]c(C)c(CC)c4C)=C3O[B-](F)(F)[N+]2=C1C. The molecule has 0 amide bonds. The van der Waals surface area contributed by atoms with Crippen LogP contribution in [0.15, 0.2) is 28.2 Å². The lowest BCUT2D eigenvalue weighted by molar-refractivity contribution is -0.387. The molecule has 4 rings (SSSR count). The normalized spacial score (nSPS) is 21.0. The Balaban J connectivity index is 2.00. The largest absolute Gasteiger partial charge is 0.834 e. The quantitative estimate of drug-likeness (QED) is 0.802. The number of allylic oxidation sites excluding steroid dienone is 4. The predicted molar refractivity (Wildman–Crippen MR) is 102 cm³/mol. The van der Waals surface area contributed by atoms with Crippen molar-refractivity contribution >= 4 is 24.1 Å². The molecular weight excluding hydrogens is 349 g/mol. The molecule has 7 heteroatoms. The minimum atomic E-state index is -4.28. The summed E-state index contributed by atoms with van der Waals surface area (Å²) < 4.78 is 36.0. The Hall–Kier alpha value is -2.44. The van der Waals surface area contributed by atoms with E-state index in [1.807, 2.05) is 34.6 Å². The Morgan fingerprint density at radius 2 is 1.74 bits per heavy atom. The summed E-state index contributed by atoms with van der Waals surface area (Å²) in [5.41, 5.74) is 6.50. The van der Waals surface area contributed by atoms with E-state index in [2.05, 4.69) is 4.98 Å². The van der Waals surface area contributed by atoms with Crippen molar-refractivity contribution in [3.8, 4) is 0 Å². The van der Waals surface area contributed by atoms with E-state index in [4.69, 9.17) is 4.65 Å². The van der Waals surface area contributed by atoms with Crippen molar-refractivity contribution in [2.24, 2.45) is 0 Å². The number of Topliss-reactive ketones (excluding diaryl/α,β-unsaturated/α-hetero) is 1. The number of carbonyl (C=O) groups is 1. The molecule has 3 aliphatic rings. The van der Waals surface area contributed by atoms with Gasteiger partial charge in [0, 0.05) is 23.8 Å². The number of aromatic amines is 1. The molecule has 0 aromatic carbocycles. The first kappa shape index (κ1) is 18.0. The van der Waals surface area contributed by atoms with Gasteiger partial charge in [-0.2, -0.15) is 0 Å². The maximum absolute atomic E-state index is 14.9. The average molecular weight is 372 g/mol. The van der Waals surface area contributed by atoms with E-state index in [1.54, 1.807) is 6.92 Å². The van der Waals surface area contributed by atoms with Gasteiger partial charge in [0.1, 0.15) is 17.0 Å². The fourth-order valence-corrected chi connectivity index (χ4v) is 4.83. The number of carbonyl (C=O) groups excluding carboxylic acids is 1. The van der Waals surface area contributed by atoms with Gasteiger partial charge in [0.2, 0.25) is 5.78 Å². The Labute approximate surface area is 157 Å². The van der Waals surface area contributed by atoms with Gasteiger partial charge in [-0.3, -0.25) is 4.79 Å². The van der Waals surface area contributed by atoms with Crippen molar-refractivity contribution in [1.82, 2.24) is 4.98 Å². The fraction of sp³-hybridized carbons (Fsp3) is 0.400. The Morgan fingerprint density at radius 1 is 1.07 bits per heavy atom. The van der Waals surface area contributed by atoms with Gasteiger partial charge in [-0.1, -0.05) is 13.8 Å². The summed E-state index contributed by atoms with van der Waals surface area (Å²) in [6, 6.07) is 0. The monoisotopic (exact) mass is 372 g/mol. The van der Waals surface area contributed by atoms with Crippen LogP contribution in [0, 0.1) is 13.8 Å². The fourth-order valence-electron chi connectivity index (χ4n) is 4.83. The van der Waals surface area contributed by atoms with E-state index in [-0.39, 0.29) is 22.7 Å². The van der Waals surface area contributed by atoms with E-state index in [0.29, 0.717) is 23.5 Å². The molecule has 1 aromatic rings. The number of nitrogens with one attached hydrogen (secondary N) is 1. The van der Waals surface area contributed by atoms with Crippen molar-refractivity contribution in [3.05, 3.63) is 50.7 Å². The van der Waals surface area contributed by atoms with Crippen LogP contribution in [-0.2, 0) is 15.9 Å². The number of nitrogens with zero attached hydrogens (tertiary/aromatic N) is 1. The molecule has 0 saturated heterocycles. The zero-order chi connectivity index (χ0) is 19.8. The summed E-state index contributed by atoms with van der Waals surface area (Å²) in [5, 5.41) is 0. The molecule has 1 aliphatic carbocycles. The van der Waals surface area contributed by atoms with Crippen molar-refractivity contribution < 1.29 is 22.6 Å². The second-order valence-corrected chi connectivity index (χ2v) is 7.43. The molecule has 142 valence electrons. The summed E-state index contributed by atoms with van der Waals surface area (Å²) in [5.74, 6) is -0.194. The van der Waals surface area contributed by atoms with Gasteiger partial charge in [0.15, 0.2) is 5.70 Å². The number of ketones is 1. The average Bonchev–Trinajstić information content (AvgIpc) is 3.00. The molecule has 0 fully saturated rings. The molecule has 0 bridgehead atoms. The Kier molecular flexibility index (Phi) is 3.68. The lowest BCUT2D eigenvalue weighted by Gasteiger charge is -2.37. The molecule has 2 aliphatic heterocycles. The van der Waals surface area contributed by atoms with Crippen molar-refractivity contribution in [2.75, 3.05) is 0 Å². The summed E-state index contributed by atoms with van der Waals surface area (Å²) in [6.45, 7) is 11.3. The molecule has 0 saturated carbocycles. The van der Waals surface area contributed by atoms with Crippen LogP contribution < -0.4 is 0 Å². The summed E-state index contributed by atoms with van der Waals surface area (Å²) >= 11 is 0. The first-order valence-corrected chi connectivity index (χ1v) is 9.41. The van der Waals surface area contributed by atoms with E-state index in [9.17, 15) is 13.4 Å². The van der Waals surface area contributed by atoms with Crippen LogP contribution in [-0.4, -0.2) is 28.0 Å². The third-order valence-electron chi connectivity index (χ3n) is 6.10. The van der Waals surface area contributed by atoms with Crippen molar-refractivity contribution in [2.45, 2.75) is 54.4 Å². The van der Waals surface area contributed by atoms with E-state index >= 15 is 0 Å². The molecule has 0 atom stereocenters. The number of rotatable bonds is 3. The zero-order valence-electron chi connectivity index (χ0n) is 16.5. The summed E-state index contributed by atoms with van der Waals surface area (Å²) in [4.78, 5) is 16.3. The maximum Gasteiger partial charge on any atom is 0.834 e. The topological polar surface area (TPSA) is 45.1 Å². The molecule has 0 unspecified atom stereocenters. The smallest absolute Gasteiger partial charge is 0.598 e. The molecular formula is C20H23BF2N2O2. The molecule has 0 spiro atoms. The molecule has 4 nitrogen and oxygen atoms in total. The third kappa shape index (κ3) is 2.08. The highest BCUT2D eigenvalue weighted by Gasteiger charge is 2.61. The van der Waals surface area contributed by atoms with E-state index in [1.165, 1.54) is 0 Å². The van der Waals surface area contributed by atoms with Crippen molar-refractivity contribution in [1.29, 1.82) is 0 Å². The highest BCUT2D eigenvalue weighted by atomic mass is 19.3. The second kappa shape index (κ2) is 5.53. The molecule has 1 aromatic heterocycles. The summed E-state index contributed by atoms with van der Waals surface area (Å²) in [6.07, 6.45) is 1.44. The van der Waals surface area contributed by atoms with Gasteiger partial charge in [0.05, 0.1) is 11.3 Å². The number of hydrogen-bond donors (Lipinski definition) is 1. The van der Waals surface area contributed by atoms with Crippen LogP contribution in [0.5, 0.6) is 0 Å². The van der Waals surface area contributed by atoms with Crippen LogP contribution in [0.4, 0.5) is 8.63 Å². The number of halogens is 2. The highest BCUT2D eigenvalue weighted by Crippen LogP contribution is 2.50. The summed E-state index contributed by atoms with van der Waals surface area (Å²) in [7, 11) is -4.28. The minimum Gasteiger partial charge on any atom is -0.598 e. The van der Waals surface area contributed by atoms with Crippen LogP contribution in [0.1, 0.15) is 56.6 Å². The number of hydrogen-bond acceptors (Lipinski definition) is 2. The van der Waals surface area contributed by atoms with Gasteiger partial charge >= 0.3 is 7.04 Å². The third-order valence-corrected chi connectivity index (χ3v) is 6.10. The zero-order valence-corrected chi connectivity index (χ0v) is 16.5. The second-order valence-electron chi connectivity index (χ2n) is 7.43. The van der Waals surface area contributed by atoms with Crippen LogP contribution in [0.25, 0.3) is 5.57 Å². The molecule has 1 N–H and O–H groups in total. The highest BCUT2D eigenvalue weighted by molar-refractivity contribution is 6.54. The van der Waals surface area contributed by atoms with Gasteiger partial charge in [-0.05, 0) is 44.7 Å². The van der Waals surface area contributed by atoms with E-state index in [0.717, 1.165) is 38.9 Å². The molecule has 27 heavy (non-hydrogen) atoms. The minimum absolute atomic E-state index is 0.0350. The molecule has 3 heterocycles.